The molecule has 0 aromatic carbocycles. The van der Waals surface area contributed by atoms with Crippen LogP contribution in [0.1, 0.15) is 12.8 Å². The fourth-order valence-corrected chi connectivity index (χ4v) is 2.91. The summed E-state index contributed by atoms with van der Waals surface area (Å²) in [5.41, 5.74) is 0. The standard InChI is InChI=1S/C12H17N3O2S/c1-18-11-7-10(13-9-14-11)15-4-2-3-12(8-15)16-5-6-17-12/h7,9H,2-6,8H2,1H3. The maximum absolute atomic E-state index is 5.78. The van der Waals surface area contributed by atoms with E-state index in [-0.39, 0.29) is 0 Å². The molecule has 2 fully saturated rings. The zero-order valence-electron chi connectivity index (χ0n) is 10.5. The molecule has 3 rings (SSSR count). The molecule has 0 unspecified atom stereocenters. The third-order valence-corrected chi connectivity index (χ3v) is 4.03. The van der Waals surface area contributed by atoms with Gasteiger partial charge in [0.25, 0.3) is 0 Å². The molecule has 0 atom stereocenters. The van der Waals surface area contributed by atoms with E-state index in [1.54, 1.807) is 18.1 Å². The lowest BCUT2D eigenvalue weighted by atomic mass is 10.0. The fourth-order valence-electron chi connectivity index (χ4n) is 2.53. The Kier molecular flexibility index (Phi) is 3.41. The lowest BCUT2D eigenvalue weighted by Gasteiger charge is -2.39. The first kappa shape index (κ1) is 12.2. The van der Waals surface area contributed by atoms with Crippen LogP contribution in [0, 0.1) is 0 Å². The quantitative estimate of drug-likeness (QED) is 0.598. The van der Waals surface area contributed by atoms with Gasteiger partial charge in [-0.3, -0.25) is 0 Å². The van der Waals surface area contributed by atoms with Crippen LogP contribution in [0.3, 0.4) is 0 Å². The molecule has 2 saturated heterocycles. The molecule has 0 N–H and O–H groups in total. The number of rotatable bonds is 2. The van der Waals surface area contributed by atoms with Crippen LogP contribution in [-0.4, -0.2) is 48.3 Å². The maximum atomic E-state index is 5.78. The molecule has 18 heavy (non-hydrogen) atoms. The van der Waals surface area contributed by atoms with E-state index in [1.165, 1.54) is 0 Å². The summed E-state index contributed by atoms with van der Waals surface area (Å²) in [5.74, 6) is 0.565. The SMILES string of the molecule is CSc1cc(N2CCCC3(C2)OCCO3)ncn1. The van der Waals surface area contributed by atoms with Crippen LogP contribution in [-0.2, 0) is 9.47 Å². The van der Waals surface area contributed by atoms with Gasteiger partial charge < -0.3 is 14.4 Å². The number of anilines is 1. The van der Waals surface area contributed by atoms with E-state index in [9.17, 15) is 0 Å². The van der Waals surface area contributed by atoms with Crippen LogP contribution in [0.2, 0.25) is 0 Å². The highest BCUT2D eigenvalue weighted by atomic mass is 32.2. The third-order valence-electron chi connectivity index (χ3n) is 3.39. The van der Waals surface area contributed by atoms with Gasteiger partial charge in [-0.25, -0.2) is 9.97 Å². The van der Waals surface area contributed by atoms with Crippen LogP contribution in [0.25, 0.3) is 0 Å². The average Bonchev–Trinajstić information content (AvgIpc) is 2.87. The Morgan fingerprint density at radius 1 is 1.33 bits per heavy atom. The molecule has 0 aliphatic carbocycles. The number of nitrogens with zero attached hydrogens (tertiary/aromatic N) is 3. The van der Waals surface area contributed by atoms with E-state index in [1.807, 2.05) is 12.3 Å². The maximum Gasteiger partial charge on any atom is 0.186 e. The highest BCUT2D eigenvalue weighted by Gasteiger charge is 2.41. The topological polar surface area (TPSA) is 47.5 Å². The molecule has 5 nitrogen and oxygen atoms in total. The van der Waals surface area contributed by atoms with Crippen molar-refractivity contribution in [2.45, 2.75) is 23.7 Å². The Hall–Kier alpha value is -0.850. The molecule has 6 heteroatoms. The predicted octanol–water partition coefficient (Wildman–Crippen LogP) is 1.54. The lowest BCUT2D eigenvalue weighted by Crippen LogP contribution is -2.49. The monoisotopic (exact) mass is 267 g/mol. The first-order chi connectivity index (χ1) is 8.81. The van der Waals surface area contributed by atoms with Gasteiger partial charge in [0.15, 0.2) is 5.79 Å². The first-order valence-corrected chi connectivity index (χ1v) is 7.43. The molecule has 1 aromatic heterocycles. The minimum Gasteiger partial charge on any atom is -0.351 e. The van der Waals surface area contributed by atoms with E-state index in [4.69, 9.17) is 9.47 Å². The molecule has 1 aromatic rings. The third kappa shape index (κ3) is 2.32. The number of aromatic nitrogens is 2. The smallest absolute Gasteiger partial charge is 0.186 e. The molecule has 0 radical (unpaired) electrons. The Bertz CT molecular complexity index is 424. The van der Waals surface area contributed by atoms with Crippen molar-refractivity contribution in [1.29, 1.82) is 0 Å². The van der Waals surface area contributed by atoms with Crippen molar-refractivity contribution in [3.05, 3.63) is 12.4 Å². The summed E-state index contributed by atoms with van der Waals surface area (Å²) in [4.78, 5) is 10.8. The van der Waals surface area contributed by atoms with Gasteiger partial charge in [0.2, 0.25) is 0 Å². The van der Waals surface area contributed by atoms with Crippen LogP contribution >= 0.6 is 11.8 Å². The molecule has 0 bridgehead atoms. The number of piperidine rings is 1. The summed E-state index contributed by atoms with van der Waals surface area (Å²) in [7, 11) is 0. The van der Waals surface area contributed by atoms with E-state index in [0.717, 1.165) is 36.8 Å². The zero-order valence-corrected chi connectivity index (χ0v) is 11.3. The zero-order chi connectivity index (χ0) is 12.4. The average molecular weight is 267 g/mol. The molecule has 3 heterocycles. The van der Waals surface area contributed by atoms with Gasteiger partial charge in [0.1, 0.15) is 17.2 Å². The Morgan fingerprint density at radius 2 is 2.17 bits per heavy atom. The largest absolute Gasteiger partial charge is 0.351 e. The predicted molar refractivity (Wildman–Crippen MR) is 69.9 cm³/mol. The Morgan fingerprint density at radius 3 is 2.94 bits per heavy atom. The van der Waals surface area contributed by atoms with Gasteiger partial charge >= 0.3 is 0 Å². The number of ether oxygens (including phenoxy) is 2. The van der Waals surface area contributed by atoms with Gasteiger partial charge in [-0.1, -0.05) is 0 Å². The molecular weight excluding hydrogens is 250 g/mol. The number of hydrogen-bond acceptors (Lipinski definition) is 6. The van der Waals surface area contributed by atoms with Crippen molar-refractivity contribution >= 4 is 17.6 Å². The van der Waals surface area contributed by atoms with Crippen LogP contribution in [0.15, 0.2) is 17.4 Å². The van der Waals surface area contributed by atoms with Gasteiger partial charge in [-0.2, -0.15) is 0 Å². The highest BCUT2D eigenvalue weighted by molar-refractivity contribution is 7.98. The molecule has 1 spiro atoms. The lowest BCUT2D eigenvalue weighted by molar-refractivity contribution is -0.161. The van der Waals surface area contributed by atoms with Crippen molar-refractivity contribution < 1.29 is 9.47 Å². The van der Waals surface area contributed by atoms with Gasteiger partial charge in [-0.15, -0.1) is 11.8 Å². The van der Waals surface area contributed by atoms with Crippen LogP contribution in [0.4, 0.5) is 5.82 Å². The van der Waals surface area contributed by atoms with Crippen molar-refractivity contribution in [3.63, 3.8) is 0 Å². The second-order valence-corrected chi connectivity index (χ2v) is 5.38. The minimum atomic E-state index is -0.400. The summed E-state index contributed by atoms with van der Waals surface area (Å²) in [6.07, 6.45) is 5.69. The van der Waals surface area contributed by atoms with Crippen molar-refractivity contribution in [1.82, 2.24) is 9.97 Å². The van der Waals surface area contributed by atoms with E-state index in [2.05, 4.69) is 14.9 Å². The van der Waals surface area contributed by atoms with Crippen molar-refractivity contribution in [2.75, 3.05) is 37.5 Å². The first-order valence-electron chi connectivity index (χ1n) is 6.20. The van der Waals surface area contributed by atoms with Gasteiger partial charge in [-0.05, 0) is 12.7 Å². The van der Waals surface area contributed by atoms with E-state index in [0.29, 0.717) is 13.2 Å². The molecule has 0 amide bonds. The summed E-state index contributed by atoms with van der Waals surface area (Å²) >= 11 is 1.63. The fraction of sp³-hybridized carbons (Fsp3) is 0.667. The minimum absolute atomic E-state index is 0.400. The number of hydrogen-bond donors (Lipinski definition) is 0. The Balaban J connectivity index is 1.78. The summed E-state index contributed by atoms with van der Waals surface area (Å²) in [5, 5.41) is 0.993. The second-order valence-electron chi connectivity index (χ2n) is 4.55. The van der Waals surface area contributed by atoms with Crippen LogP contribution in [0.5, 0.6) is 0 Å². The molecule has 0 saturated carbocycles. The van der Waals surface area contributed by atoms with Crippen molar-refractivity contribution in [3.8, 4) is 0 Å². The Labute approximate surface area is 111 Å². The normalized spacial score (nSPS) is 22.6. The van der Waals surface area contributed by atoms with Gasteiger partial charge in [0, 0.05) is 19.0 Å². The summed E-state index contributed by atoms with van der Waals surface area (Å²) < 4.78 is 11.6. The van der Waals surface area contributed by atoms with E-state index < -0.39 is 5.79 Å². The molecule has 2 aliphatic heterocycles. The molecule has 2 aliphatic rings. The van der Waals surface area contributed by atoms with E-state index >= 15 is 0 Å². The van der Waals surface area contributed by atoms with Crippen molar-refractivity contribution in [2.24, 2.45) is 0 Å². The molecule has 98 valence electrons. The summed E-state index contributed by atoms with van der Waals surface area (Å²) in [6.45, 7) is 3.17. The van der Waals surface area contributed by atoms with Crippen LogP contribution < -0.4 is 4.90 Å². The summed E-state index contributed by atoms with van der Waals surface area (Å²) in [6, 6.07) is 2.03. The second kappa shape index (κ2) is 5.03. The highest BCUT2D eigenvalue weighted by Crippen LogP contribution is 2.32. The van der Waals surface area contributed by atoms with Gasteiger partial charge in [0.05, 0.1) is 19.8 Å². The molecular formula is C12H17N3O2S. The number of thioether (sulfide) groups is 1.